The number of carbonyl (C=O) groups is 1. The summed E-state index contributed by atoms with van der Waals surface area (Å²) < 4.78 is 0. The monoisotopic (exact) mass is 306 g/mol. The van der Waals surface area contributed by atoms with Crippen LogP contribution in [0.2, 0.25) is 0 Å². The predicted molar refractivity (Wildman–Crippen MR) is 82.8 cm³/mol. The number of aliphatic hydroxyl groups is 1. The molecule has 2 N–H and O–H groups in total. The van der Waals surface area contributed by atoms with Gasteiger partial charge in [-0.3, -0.25) is 14.9 Å². The molecular formula is C16H22N2O4. The van der Waals surface area contributed by atoms with Gasteiger partial charge < -0.3 is 10.4 Å². The third kappa shape index (κ3) is 4.04. The Morgan fingerprint density at radius 1 is 1.32 bits per heavy atom. The van der Waals surface area contributed by atoms with Crippen LogP contribution in [-0.2, 0) is 0 Å². The molecule has 1 aromatic rings. The predicted octanol–water partition coefficient (Wildman–Crippen LogP) is 2.72. The largest absolute Gasteiger partial charge is 0.388 e. The molecule has 0 atom stereocenters. The number of carbonyl (C=O) groups excluding carboxylic acids is 1. The van der Waals surface area contributed by atoms with Gasteiger partial charge in [-0.1, -0.05) is 31.7 Å². The minimum Gasteiger partial charge on any atom is -0.388 e. The van der Waals surface area contributed by atoms with E-state index in [9.17, 15) is 20.0 Å². The number of rotatable bonds is 4. The third-order valence-corrected chi connectivity index (χ3v) is 4.21. The minimum absolute atomic E-state index is 0.0437. The van der Waals surface area contributed by atoms with Crippen molar-refractivity contribution in [3.63, 3.8) is 0 Å². The van der Waals surface area contributed by atoms with E-state index in [0.29, 0.717) is 12.8 Å². The van der Waals surface area contributed by atoms with E-state index in [1.54, 1.807) is 13.0 Å². The van der Waals surface area contributed by atoms with Crippen molar-refractivity contribution in [2.75, 3.05) is 6.54 Å². The second-order valence-electron chi connectivity index (χ2n) is 6.10. The SMILES string of the molecule is Cc1ccc([N+](=O)[O-])c(C(=O)NCC2(O)CCCCCC2)c1. The van der Waals surface area contributed by atoms with Gasteiger partial charge in [-0.25, -0.2) is 0 Å². The second kappa shape index (κ2) is 6.87. The molecule has 0 aromatic heterocycles. The van der Waals surface area contributed by atoms with E-state index in [0.717, 1.165) is 31.2 Å². The van der Waals surface area contributed by atoms with Gasteiger partial charge in [-0.15, -0.1) is 0 Å². The standard InChI is InChI=1S/C16H22N2O4/c1-12-6-7-14(18(21)22)13(10-12)15(19)17-11-16(20)8-4-2-3-5-9-16/h6-7,10,20H,2-5,8-9,11H2,1H3,(H,17,19). The number of hydrogen-bond donors (Lipinski definition) is 2. The maximum absolute atomic E-state index is 12.3. The summed E-state index contributed by atoms with van der Waals surface area (Å²) in [6, 6.07) is 4.45. The summed E-state index contributed by atoms with van der Waals surface area (Å²) >= 11 is 0. The summed E-state index contributed by atoms with van der Waals surface area (Å²) in [6.07, 6.45) is 5.39. The van der Waals surface area contributed by atoms with Crippen LogP contribution in [0.25, 0.3) is 0 Å². The van der Waals surface area contributed by atoms with Gasteiger partial charge >= 0.3 is 0 Å². The summed E-state index contributed by atoms with van der Waals surface area (Å²) in [5, 5.41) is 24.2. The second-order valence-corrected chi connectivity index (χ2v) is 6.10. The average molecular weight is 306 g/mol. The lowest BCUT2D eigenvalue weighted by Crippen LogP contribution is -2.42. The van der Waals surface area contributed by atoms with E-state index in [-0.39, 0.29) is 17.8 Å². The lowest BCUT2D eigenvalue weighted by Gasteiger charge is -2.26. The van der Waals surface area contributed by atoms with Gasteiger partial charge in [0.05, 0.1) is 10.5 Å². The van der Waals surface area contributed by atoms with Gasteiger partial charge in [0.15, 0.2) is 0 Å². The Hall–Kier alpha value is -1.95. The van der Waals surface area contributed by atoms with Crippen LogP contribution in [-0.4, -0.2) is 28.1 Å². The summed E-state index contributed by atoms with van der Waals surface area (Å²) in [7, 11) is 0. The van der Waals surface area contributed by atoms with E-state index in [4.69, 9.17) is 0 Å². The van der Waals surface area contributed by atoms with Crippen LogP contribution in [0, 0.1) is 17.0 Å². The zero-order chi connectivity index (χ0) is 16.2. The first-order valence-corrected chi connectivity index (χ1v) is 7.67. The number of nitro groups is 1. The number of nitro benzene ring substituents is 1. The molecule has 0 heterocycles. The molecule has 0 spiro atoms. The Labute approximate surface area is 129 Å². The van der Waals surface area contributed by atoms with Crippen molar-refractivity contribution in [2.24, 2.45) is 0 Å². The van der Waals surface area contributed by atoms with Gasteiger partial charge in [0.1, 0.15) is 5.56 Å². The average Bonchev–Trinajstić information content (AvgIpc) is 2.69. The van der Waals surface area contributed by atoms with E-state index in [2.05, 4.69) is 5.32 Å². The Bertz CT molecular complexity index is 563. The van der Waals surface area contributed by atoms with Crippen LogP contribution in [0.5, 0.6) is 0 Å². The number of aryl methyl sites for hydroxylation is 1. The number of amides is 1. The molecule has 0 unspecified atom stereocenters. The molecule has 0 radical (unpaired) electrons. The Kier molecular flexibility index (Phi) is 5.13. The molecule has 6 heteroatoms. The van der Waals surface area contributed by atoms with Crippen molar-refractivity contribution in [3.05, 3.63) is 39.4 Å². The van der Waals surface area contributed by atoms with Crippen molar-refractivity contribution < 1.29 is 14.8 Å². The van der Waals surface area contributed by atoms with Gasteiger partial charge in [0.2, 0.25) is 0 Å². The molecule has 1 aliphatic carbocycles. The Morgan fingerprint density at radius 3 is 2.55 bits per heavy atom. The van der Waals surface area contributed by atoms with Crippen molar-refractivity contribution in [3.8, 4) is 0 Å². The highest BCUT2D eigenvalue weighted by Gasteiger charge is 2.29. The fourth-order valence-electron chi connectivity index (χ4n) is 2.89. The van der Waals surface area contributed by atoms with E-state index in [1.807, 2.05) is 0 Å². The van der Waals surface area contributed by atoms with Crippen LogP contribution < -0.4 is 5.32 Å². The summed E-state index contributed by atoms with van der Waals surface area (Å²) in [6.45, 7) is 1.91. The zero-order valence-electron chi connectivity index (χ0n) is 12.8. The van der Waals surface area contributed by atoms with E-state index >= 15 is 0 Å². The molecule has 1 amide bonds. The number of benzene rings is 1. The highest BCUT2D eigenvalue weighted by atomic mass is 16.6. The zero-order valence-corrected chi connectivity index (χ0v) is 12.8. The Morgan fingerprint density at radius 2 is 1.95 bits per heavy atom. The summed E-state index contributed by atoms with van der Waals surface area (Å²) in [4.78, 5) is 22.7. The van der Waals surface area contributed by atoms with Crippen molar-refractivity contribution >= 4 is 11.6 Å². The normalized spacial score (nSPS) is 17.5. The van der Waals surface area contributed by atoms with Gasteiger partial charge in [-0.2, -0.15) is 0 Å². The first-order valence-electron chi connectivity index (χ1n) is 7.67. The lowest BCUT2D eigenvalue weighted by atomic mass is 9.94. The van der Waals surface area contributed by atoms with Crippen molar-refractivity contribution in [1.82, 2.24) is 5.32 Å². The molecule has 1 saturated carbocycles. The summed E-state index contributed by atoms with van der Waals surface area (Å²) in [5.41, 5.74) is -0.285. The van der Waals surface area contributed by atoms with Crippen LogP contribution in [0.15, 0.2) is 18.2 Å². The smallest absolute Gasteiger partial charge is 0.282 e. The molecule has 1 aliphatic rings. The first kappa shape index (κ1) is 16.4. The topological polar surface area (TPSA) is 92.5 Å². The molecular weight excluding hydrogens is 284 g/mol. The molecule has 1 fully saturated rings. The van der Waals surface area contributed by atoms with Crippen molar-refractivity contribution in [1.29, 1.82) is 0 Å². The maximum Gasteiger partial charge on any atom is 0.282 e. The minimum atomic E-state index is -0.898. The van der Waals surface area contributed by atoms with Crippen LogP contribution >= 0.6 is 0 Å². The van der Waals surface area contributed by atoms with Gasteiger partial charge in [0, 0.05) is 12.6 Å². The van der Waals surface area contributed by atoms with E-state index < -0.39 is 16.4 Å². The number of nitrogens with one attached hydrogen (secondary N) is 1. The molecule has 0 aliphatic heterocycles. The van der Waals surface area contributed by atoms with Gasteiger partial charge in [-0.05, 0) is 31.4 Å². The number of nitrogens with zero attached hydrogens (tertiary/aromatic N) is 1. The van der Waals surface area contributed by atoms with E-state index in [1.165, 1.54) is 12.1 Å². The van der Waals surface area contributed by atoms with Crippen LogP contribution in [0.1, 0.15) is 54.4 Å². The lowest BCUT2D eigenvalue weighted by molar-refractivity contribution is -0.385. The van der Waals surface area contributed by atoms with Crippen molar-refractivity contribution in [2.45, 2.75) is 51.0 Å². The summed E-state index contributed by atoms with van der Waals surface area (Å²) in [5.74, 6) is -0.506. The fourth-order valence-corrected chi connectivity index (χ4v) is 2.89. The molecule has 22 heavy (non-hydrogen) atoms. The Balaban J connectivity index is 2.09. The van der Waals surface area contributed by atoms with Gasteiger partial charge in [0.25, 0.3) is 11.6 Å². The first-order chi connectivity index (χ1) is 10.4. The molecule has 0 bridgehead atoms. The highest BCUT2D eigenvalue weighted by Crippen LogP contribution is 2.27. The van der Waals surface area contributed by atoms with Crippen LogP contribution in [0.4, 0.5) is 5.69 Å². The molecule has 6 nitrogen and oxygen atoms in total. The molecule has 1 aromatic carbocycles. The fraction of sp³-hybridized carbons (Fsp3) is 0.562. The third-order valence-electron chi connectivity index (χ3n) is 4.21. The molecule has 2 rings (SSSR count). The maximum atomic E-state index is 12.3. The molecule has 0 saturated heterocycles. The number of hydrogen-bond acceptors (Lipinski definition) is 4. The molecule has 120 valence electrons. The highest BCUT2D eigenvalue weighted by molar-refractivity contribution is 5.98. The van der Waals surface area contributed by atoms with Crippen LogP contribution in [0.3, 0.4) is 0 Å². The quantitative estimate of drug-likeness (QED) is 0.508.